The number of hydrogen-bond acceptors (Lipinski definition) is 3. The van der Waals surface area contributed by atoms with Gasteiger partial charge in [-0.05, 0) is 31.0 Å². The molecule has 1 heterocycles. The van der Waals surface area contributed by atoms with E-state index in [1.54, 1.807) is 36.5 Å². The van der Waals surface area contributed by atoms with Gasteiger partial charge in [0, 0.05) is 18.0 Å². The van der Waals surface area contributed by atoms with Crippen molar-refractivity contribution in [3.05, 3.63) is 64.4 Å². The fourth-order valence-corrected chi connectivity index (χ4v) is 2.34. The largest absolute Gasteiger partial charge is 0.299 e. The summed E-state index contributed by atoms with van der Waals surface area (Å²) in [6.07, 6.45) is 3.16. The number of aromatic nitrogens is 1. The van der Waals surface area contributed by atoms with Crippen LogP contribution in [0.15, 0.2) is 42.7 Å². The molecule has 0 amide bonds. The van der Waals surface area contributed by atoms with Gasteiger partial charge in [0.15, 0.2) is 5.78 Å². The fourth-order valence-electron chi connectivity index (χ4n) is 2.16. The minimum atomic E-state index is -0.415. The molecule has 0 saturated carbocycles. The van der Waals surface area contributed by atoms with Crippen molar-refractivity contribution in [2.75, 3.05) is 0 Å². The molecule has 1 aromatic carbocycles. The number of pyridine rings is 1. The average Bonchev–Trinajstić information content (AvgIpc) is 2.39. The summed E-state index contributed by atoms with van der Waals surface area (Å²) in [4.78, 5) is 27.2. The van der Waals surface area contributed by atoms with Crippen LogP contribution in [0.25, 0.3) is 0 Å². The Labute approximate surface area is 122 Å². The van der Waals surface area contributed by atoms with Gasteiger partial charge in [0.25, 0.3) is 0 Å². The number of nitrogens with zero attached hydrogens (tertiary/aromatic N) is 1. The molecule has 3 nitrogen and oxygen atoms in total. The molecular formula is C16H14ClNO2. The number of ketones is 2. The van der Waals surface area contributed by atoms with Crippen LogP contribution >= 0.6 is 11.6 Å². The van der Waals surface area contributed by atoms with E-state index in [0.717, 1.165) is 11.1 Å². The van der Waals surface area contributed by atoms with Gasteiger partial charge in [-0.15, -0.1) is 0 Å². The average molecular weight is 288 g/mol. The maximum Gasteiger partial charge on any atom is 0.159 e. The Hall–Kier alpha value is -2.00. The second kappa shape index (κ2) is 5.97. The first-order valence-corrected chi connectivity index (χ1v) is 6.58. The summed E-state index contributed by atoms with van der Waals surface area (Å²) < 4.78 is 0. The molecule has 1 unspecified atom stereocenters. The molecule has 20 heavy (non-hydrogen) atoms. The molecule has 1 atom stereocenters. The van der Waals surface area contributed by atoms with Crippen molar-refractivity contribution in [3.8, 4) is 0 Å². The van der Waals surface area contributed by atoms with Crippen molar-refractivity contribution in [1.82, 2.24) is 4.98 Å². The van der Waals surface area contributed by atoms with E-state index in [9.17, 15) is 9.59 Å². The lowest BCUT2D eigenvalue weighted by molar-refractivity contribution is -0.117. The zero-order chi connectivity index (χ0) is 14.7. The lowest BCUT2D eigenvalue weighted by Gasteiger charge is -2.15. The van der Waals surface area contributed by atoms with Crippen molar-refractivity contribution in [2.24, 2.45) is 0 Å². The molecule has 1 aromatic heterocycles. The third-order valence-corrected chi connectivity index (χ3v) is 3.32. The van der Waals surface area contributed by atoms with E-state index in [2.05, 4.69) is 4.98 Å². The van der Waals surface area contributed by atoms with Crippen molar-refractivity contribution in [2.45, 2.75) is 19.8 Å². The summed E-state index contributed by atoms with van der Waals surface area (Å²) in [6.45, 7) is 3.04. The van der Waals surface area contributed by atoms with Crippen molar-refractivity contribution >= 4 is 23.2 Å². The molecule has 0 bridgehead atoms. The Morgan fingerprint density at radius 1 is 1.05 bits per heavy atom. The molecule has 102 valence electrons. The second-order valence-corrected chi connectivity index (χ2v) is 5.09. The third-order valence-electron chi connectivity index (χ3n) is 3.12. The molecule has 0 aliphatic heterocycles. The zero-order valence-electron chi connectivity index (χ0n) is 11.3. The highest BCUT2D eigenvalue weighted by Gasteiger charge is 2.20. The molecule has 0 saturated heterocycles. The summed E-state index contributed by atoms with van der Waals surface area (Å²) in [7, 11) is 0. The maximum absolute atomic E-state index is 11.9. The zero-order valence-corrected chi connectivity index (χ0v) is 12.0. The van der Waals surface area contributed by atoms with Gasteiger partial charge >= 0.3 is 0 Å². The van der Waals surface area contributed by atoms with Crippen molar-refractivity contribution in [3.63, 3.8) is 0 Å². The Kier molecular flexibility index (Phi) is 4.30. The normalized spacial score (nSPS) is 11.9. The van der Waals surface area contributed by atoms with Crippen LogP contribution in [0.1, 0.15) is 41.3 Å². The third kappa shape index (κ3) is 3.11. The molecule has 0 aliphatic rings. The van der Waals surface area contributed by atoms with Crippen LogP contribution in [0.2, 0.25) is 5.02 Å². The Bertz CT molecular complexity index is 650. The van der Waals surface area contributed by atoms with E-state index < -0.39 is 5.92 Å². The molecular weight excluding hydrogens is 274 g/mol. The van der Waals surface area contributed by atoms with E-state index in [0.29, 0.717) is 10.6 Å². The molecule has 0 fully saturated rings. The first kappa shape index (κ1) is 14.4. The lowest BCUT2D eigenvalue weighted by Crippen LogP contribution is -2.11. The number of halogens is 1. The van der Waals surface area contributed by atoms with Crippen LogP contribution in [-0.2, 0) is 4.79 Å². The highest BCUT2D eigenvalue weighted by atomic mass is 35.5. The predicted octanol–water partition coefficient (Wildman–Crippen LogP) is 3.66. The molecule has 2 rings (SSSR count). The van der Waals surface area contributed by atoms with Gasteiger partial charge in [0.05, 0.1) is 10.9 Å². The molecule has 2 aromatic rings. The van der Waals surface area contributed by atoms with Gasteiger partial charge in [-0.2, -0.15) is 0 Å². The Balaban J connectivity index is 2.43. The standard InChI is InChI=1S/C16H14ClNO2/c1-10(19)12-3-5-13(6-4-12)16(11(2)20)14-7-15(17)9-18-8-14/h3-9,16H,1-2H3. The molecule has 0 spiro atoms. The van der Waals surface area contributed by atoms with E-state index in [1.165, 1.54) is 20.0 Å². The highest BCUT2D eigenvalue weighted by molar-refractivity contribution is 6.30. The number of Topliss-reactive ketones (excluding diaryl/α,β-unsaturated/α-hetero) is 2. The smallest absolute Gasteiger partial charge is 0.159 e. The van der Waals surface area contributed by atoms with Gasteiger partial charge in [-0.1, -0.05) is 35.9 Å². The minimum absolute atomic E-state index is 0.000322. The highest BCUT2D eigenvalue weighted by Crippen LogP contribution is 2.27. The van der Waals surface area contributed by atoms with E-state index in [1.807, 2.05) is 0 Å². The summed E-state index contributed by atoms with van der Waals surface area (Å²) >= 11 is 5.93. The van der Waals surface area contributed by atoms with E-state index in [4.69, 9.17) is 11.6 Å². The summed E-state index contributed by atoms with van der Waals surface area (Å²) in [6, 6.07) is 8.78. The van der Waals surface area contributed by atoms with Crippen LogP contribution in [0.5, 0.6) is 0 Å². The number of carbonyl (C=O) groups excluding carboxylic acids is 2. The van der Waals surface area contributed by atoms with Gasteiger partial charge < -0.3 is 0 Å². The van der Waals surface area contributed by atoms with Crippen LogP contribution in [0.3, 0.4) is 0 Å². The van der Waals surface area contributed by atoms with Gasteiger partial charge in [-0.3, -0.25) is 14.6 Å². The summed E-state index contributed by atoms with van der Waals surface area (Å²) in [5, 5.41) is 0.495. The second-order valence-electron chi connectivity index (χ2n) is 4.66. The number of benzene rings is 1. The monoisotopic (exact) mass is 287 g/mol. The van der Waals surface area contributed by atoms with Crippen molar-refractivity contribution < 1.29 is 9.59 Å². The molecule has 4 heteroatoms. The SMILES string of the molecule is CC(=O)c1ccc(C(C(C)=O)c2cncc(Cl)c2)cc1. The van der Waals surface area contributed by atoms with E-state index in [-0.39, 0.29) is 11.6 Å². The number of carbonyl (C=O) groups is 2. The quantitative estimate of drug-likeness (QED) is 0.806. The van der Waals surface area contributed by atoms with Crippen LogP contribution in [0, 0.1) is 0 Å². The van der Waals surface area contributed by atoms with E-state index >= 15 is 0 Å². The van der Waals surface area contributed by atoms with Gasteiger partial charge in [-0.25, -0.2) is 0 Å². The molecule has 0 N–H and O–H groups in total. The summed E-state index contributed by atoms with van der Waals surface area (Å²) in [5.41, 5.74) is 2.20. The minimum Gasteiger partial charge on any atom is -0.299 e. The number of rotatable bonds is 4. The summed E-state index contributed by atoms with van der Waals surface area (Å²) in [5.74, 6) is -0.410. The first-order valence-electron chi connectivity index (χ1n) is 6.21. The van der Waals surface area contributed by atoms with Crippen LogP contribution in [-0.4, -0.2) is 16.6 Å². The number of hydrogen-bond donors (Lipinski definition) is 0. The van der Waals surface area contributed by atoms with Crippen LogP contribution < -0.4 is 0 Å². The van der Waals surface area contributed by atoms with Gasteiger partial charge in [0.1, 0.15) is 5.78 Å². The lowest BCUT2D eigenvalue weighted by atomic mass is 9.88. The first-order chi connectivity index (χ1) is 9.49. The fraction of sp³-hybridized carbons (Fsp3) is 0.188. The maximum atomic E-state index is 11.9. The van der Waals surface area contributed by atoms with Gasteiger partial charge in [0.2, 0.25) is 0 Å². The predicted molar refractivity (Wildman–Crippen MR) is 78.2 cm³/mol. The molecule has 0 aliphatic carbocycles. The van der Waals surface area contributed by atoms with Crippen molar-refractivity contribution in [1.29, 1.82) is 0 Å². The molecule has 0 radical (unpaired) electrons. The van der Waals surface area contributed by atoms with Crippen LogP contribution in [0.4, 0.5) is 0 Å². The topological polar surface area (TPSA) is 47.0 Å². The Morgan fingerprint density at radius 2 is 1.70 bits per heavy atom. The Morgan fingerprint density at radius 3 is 2.20 bits per heavy atom.